The van der Waals surface area contributed by atoms with Crippen molar-refractivity contribution >= 4 is 32.7 Å². The number of anilines is 3. The van der Waals surface area contributed by atoms with Gasteiger partial charge in [0.25, 0.3) is 0 Å². The number of rotatable bonds is 3. The van der Waals surface area contributed by atoms with Crippen LogP contribution in [0.15, 0.2) is 41.2 Å². The number of nitrogens with zero attached hydrogens (tertiary/aromatic N) is 4. The number of nitrogen functional groups attached to an aromatic ring is 1. The van der Waals surface area contributed by atoms with Gasteiger partial charge in [-0.05, 0) is 19.1 Å². The monoisotopic (exact) mass is 356 g/mol. The van der Waals surface area contributed by atoms with Crippen LogP contribution >= 0.6 is 0 Å². The van der Waals surface area contributed by atoms with Crippen molar-refractivity contribution in [2.24, 2.45) is 0 Å². The summed E-state index contributed by atoms with van der Waals surface area (Å²) in [6.07, 6.45) is 2.17. The SMILES string of the molecule is CCN1/C(=C(\C#N)c2nc(N)ncc2S(C)(=O)=O)Nc2ccccc21. The van der Waals surface area contributed by atoms with E-state index < -0.39 is 9.84 Å². The summed E-state index contributed by atoms with van der Waals surface area (Å²) >= 11 is 0. The Morgan fingerprint density at radius 1 is 1.40 bits per heavy atom. The molecule has 1 aromatic carbocycles. The molecule has 0 saturated carbocycles. The van der Waals surface area contributed by atoms with E-state index >= 15 is 0 Å². The van der Waals surface area contributed by atoms with Gasteiger partial charge in [-0.1, -0.05) is 12.1 Å². The molecule has 25 heavy (non-hydrogen) atoms. The molecule has 0 atom stereocenters. The van der Waals surface area contributed by atoms with Crippen molar-refractivity contribution in [2.45, 2.75) is 11.8 Å². The van der Waals surface area contributed by atoms with Crippen LogP contribution in [0.25, 0.3) is 5.57 Å². The van der Waals surface area contributed by atoms with Crippen LogP contribution in [0.2, 0.25) is 0 Å². The summed E-state index contributed by atoms with van der Waals surface area (Å²) in [5.41, 5.74) is 7.44. The second-order valence-corrected chi connectivity index (χ2v) is 7.42. The Bertz CT molecular complexity index is 1020. The molecule has 0 bridgehead atoms. The Hall–Kier alpha value is -3.12. The van der Waals surface area contributed by atoms with Gasteiger partial charge < -0.3 is 16.0 Å². The Labute approximate surface area is 145 Å². The van der Waals surface area contributed by atoms with Gasteiger partial charge in [0.1, 0.15) is 28.1 Å². The van der Waals surface area contributed by atoms with E-state index in [0.29, 0.717) is 12.4 Å². The molecule has 9 heteroatoms. The smallest absolute Gasteiger partial charge is 0.220 e. The van der Waals surface area contributed by atoms with Gasteiger partial charge in [0.05, 0.1) is 17.6 Å². The average molecular weight is 356 g/mol. The zero-order chi connectivity index (χ0) is 18.2. The van der Waals surface area contributed by atoms with Crippen LogP contribution in [-0.2, 0) is 9.84 Å². The minimum absolute atomic E-state index is 0.00810. The van der Waals surface area contributed by atoms with Gasteiger partial charge in [0, 0.05) is 12.8 Å². The topological polar surface area (TPSA) is 125 Å². The molecule has 0 fully saturated rings. The van der Waals surface area contributed by atoms with E-state index in [2.05, 4.69) is 21.4 Å². The van der Waals surface area contributed by atoms with E-state index in [4.69, 9.17) is 5.73 Å². The third kappa shape index (κ3) is 2.88. The number of fused-ring (bicyclic) bond motifs is 1. The van der Waals surface area contributed by atoms with Gasteiger partial charge in [-0.15, -0.1) is 0 Å². The molecule has 3 N–H and O–H groups in total. The van der Waals surface area contributed by atoms with Crippen molar-refractivity contribution in [1.82, 2.24) is 9.97 Å². The molecular weight excluding hydrogens is 340 g/mol. The number of sulfone groups is 1. The normalized spacial score (nSPS) is 15.3. The van der Waals surface area contributed by atoms with Crippen molar-refractivity contribution < 1.29 is 8.42 Å². The number of nitrogens with one attached hydrogen (secondary N) is 1. The van der Waals surface area contributed by atoms with Crippen LogP contribution in [0.3, 0.4) is 0 Å². The van der Waals surface area contributed by atoms with Gasteiger partial charge in [-0.25, -0.2) is 18.4 Å². The van der Waals surface area contributed by atoms with E-state index in [-0.39, 0.29) is 22.1 Å². The van der Waals surface area contributed by atoms with Gasteiger partial charge >= 0.3 is 0 Å². The molecule has 0 amide bonds. The summed E-state index contributed by atoms with van der Waals surface area (Å²) in [5.74, 6) is 0.364. The summed E-state index contributed by atoms with van der Waals surface area (Å²) in [4.78, 5) is 9.52. The standard InChI is InChI=1S/C16H16N6O2S/c1-3-22-12-7-5-4-6-11(12)20-15(22)10(8-17)14-13(25(2,23)24)9-19-16(18)21-14/h4-7,9,20H,3H2,1-2H3,(H2,18,19,21)/b15-10+. The highest BCUT2D eigenvalue weighted by Gasteiger charge is 2.29. The molecule has 8 nitrogen and oxygen atoms in total. The lowest BCUT2D eigenvalue weighted by Gasteiger charge is -2.19. The highest BCUT2D eigenvalue weighted by atomic mass is 32.2. The van der Waals surface area contributed by atoms with Gasteiger partial charge in [-0.2, -0.15) is 5.26 Å². The highest BCUT2D eigenvalue weighted by molar-refractivity contribution is 7.90. The summed E-state index contributed by atoms with van der Waals surface area (Å²) in [7, 11) is -3.64. The minimum Gasteiger partial charge on any atom is -0.368 e. The lowest BCUT2D eigenvalue weighted by Crippen LogP contribution is -2.22. The number of nitriles is 1. The maximum Gasteiger partial charge on any atom is 0.220 e. The van der Waals surface area contributed by atoms with E-state index in [1.165, 1.54) is 0 Å². The maximum absolute atomic E-state index is 12.1. The Balaban J connectivity index is 2.28. The fourth-order valence-corrected chi connectivity index (χ4v) is 3.45. The van der Waals surface area contributed by atoms with Gasteiger partial charge in [-0.3, -0.25) is 0 Å². The second-order valence-electron chi connectivity index (χ2n) is 5.44. The molecule has 0 spiro atoms. The number of aromatic nitrogens is 2. The van der Waals surface area contributed by atoms with Crippen LogP contribution in [-0.4, -0.2) is 31.2 Å². The van der Waals surface area contributed by atoms with Crippen molar-refractivity contribution in [2.75, 3.05) is 28.8 Å². The summed E-state index contributed by atoms with van der Waals surface area (Å²) in [6.45, 7) is 2.52. The largest absolute Gasteiger partial charge is 0.368 e. The predicted molar refractivity (Wildman–Crippen MR) is 95.2 cm³/mol. The quantitative estimate of drug-likeness (QED) is 0.795. The van der Waals surface area contributed by atoms with Crippen LogP contribution < -0.4 is 16.0 Å². The van der Waals surface area contributed by atoms with Crippen LogP contribution in [0.5, 0.6) is 0 Å². The molecule has 128 valence electrons. The average Bonchev–Trinajstić information content (AvgIpc) is 2.92. The third-order valence-corrected chi connectivity index (χ3v) is 4.89. The van der Waals surface area contributed by atoms with Crippen molar-refractivity contribution in [3.05, 3.63) is 42.0 Å². The minimum atomic E-state index is -3.64. The summed E-state index contributed by atoms with van der Waals surface area (Å²) in [6, 6.07) is 9.63. The fourth-order valence-electron chi connectivity index (χ4n) is 2.71. The lowest BCUT2D eigenvalue weighted by atomic mass is 10.2. The summed E-state index contributed by atoms with van der Waals surface area (Å²) in [5, 5.41) is 12.9. The van der Waals surface area contributed by atoms with Crippen molar-refractivity contribution in [1.29, 1.82) is 5.26 Å². The lowest BCUT2D eigenvalue weighted by molar-refractivity contribution is 0.600. The molecular formula is C16H16N6O2S. The first kappa shape index (κ1) is 16.7. The van der Waals surface area contributed by atoms with Gasteiger partial charge in [0.2, 0.25) is 5.95 Å². The summed E-state index contributed by atoms with van der Waals surface area (Å²) < 4.78 is 24.2. The Kier molecular flexibility index (Phi) is 4.06. The first-order valence-electron chi connectivity index (χ1n) is 7.47. The molecule has 1 aliphatic heterocycles. The molecule has 1 aromatic heterocycles. The first-order chi connectivity index (χ1) is 11.9. The molecule has 0 radical (unpaired) electrons. The number of nitrogens with two attached hydrogens (primary N) is 1. The molecule has 1 aliphatic rings. The predicted octanol–water partition coefficient (Wildman–Crippen LogP) is 1.61. The van der Waals surface area contributed by atoms with E-state index in [0.717, 1.165) is 23.8 Å². The Morgan fingerprint density at radius 2 is 2.12 bits per heavy atom. The van der Waals surface area contributed by atoms with Crippen LogP contribution in [0.4, 0.5) is 17.3 Å². The van der Waals surface area contributed by atoms with Crippen LogP contribution in [0, 0.1) is 11.3 Å². The Morgan fingerprint density at radius 3 is 2.76 bits per heavy atom. The van der Waals surface area contributed by atoms with Crippen molar-refractivity contribution in [3.8, 4) is 6.07 Å². The molecule has 2 aromatic rings. The zero-order valence-electron chi connectivity index (χ0n) is 13.7. The number of allylic oxidation sites excluding steroid dienone is 1. The number of para-hydroxylation sites is 2. The third-order valence-electron chi connectivity index (χ3n) is 3.79. The highest BCUT2D eigenvalue weighted by Crippen LogP contribution is 2.39. The second kappa shape index (κ2) is 6.07. The maximum atomic E-state index is 12.1. The number of benzene rings is 1. The number of hydrogen-bond donors (Lipinski definition) is 2. The molecule has 2 heterocycles. The first-order valence-corrected chi connectivity index (χ1v) is 9.36. The van der Waals surface area contributed by atoms with E-state index in [9.17, 15) is 13.7 Å². The van der Waals surface area contributed by atoms with E-state index in [1.807, 2.05) is 36.1 Å². The van der Waals surface area contributed by atoms with Crippen LogP contribution in [0.1, 0.15) is 12.6 Å². The molecule has 0 aliphatic carbocycles. The van der Waals surface area contributed by atoms with Gasteiger partial charge in [0.15, 0.2) is 9.84 Å². The van der Waals surface area contributed by atoms with E-state index in [1.54, 1.807) is 0 Å². The molecule has 3 rings (SSSR count). The van der Waals surface area contributed by atoms with Crippen molar-refractivity contribution in [3.63, 3.8) is 0 Å². The zero-order valence-corrected chi connectivity index (χ0v) is 14.5. The molecule has 0 saturated heterocycles. The number of hydrogen-bond acceptors (Lipinski definition) is 8. The fraction of sp³-hybridized carbons (Fsp3) is 0.188. The molecule has 0 unspecified atom stereocenters.